The molecule has 0 atom stereocenters. The van der Waals surface area contributed by atoms with Gasteiger partial charge in [0.2, 0.25) is 0 Å². The zero-order chi connectivity index (χ0) is 36.7. The van der Waals surface area contributed by atoms with Crippen molar-refractivity contribution < 1.29 is 4.74 Å². The number of thiophene rings is 1. The van der Waals surface area contributed by atoms with Crippen molar-refractivity contribution in [2.24, 2.45) is 0 Å². The molecular formula is C50H32BN3OS. The van der Waals surface area contributed by atoms with Gasteiger partial charge in [0.1, 0.15) is 11.5 Å². The first-order chi connectivity index (χ1) is 27.8. The highest BCUT2D eigenvalue weighted by atomic mass is 32.1. The van der Waals surface area contributed by atoms with Crippen molar-refractivity contribution in [3.8, 4) is 17.2 Å². The molecule has 56 heavy (non-hydrogen) atoms. The van der Waals surface area contributed by atoms with E-state index in [0.29, 0.717) is 0 Å². The number of para-hydroxylation sites is 5. The fraction of sp³-hybridized carbons (Fsp3) is 0. The Bertz CT molecular complexity index is 3050. The molecule has 12 rings (SSSR count). The number of nitrogens with zero attached hydrogens (tertiary/aromatic N) is 3. The van der Waals surface area contributed by atoms with E-state index in [-0.39, 0.29) is 6.71 Å². The maximum absolute atomic E-state index is 7.25. The Kier molecular flexibility index (Phi) is 6.86. The van der Waals surface area contributed by atoms with E-state index in [1.54, 1.807) is 0 Å². The Morgan fingerprint density at radius 1 is 0.429 bits per heavy atom. The minimum atomic E-state index is -0.0119. The van der Waals surface area contributed by atoms with Crippen molar-refractivity contribution in [2.45, 2.75) is 0 Å². The van der Waals surface area contributed by atoms with Crippen LogP contribution in [-0.4, -0.2) is 11.3 Å². The van der Waals surface area contributed by atoms with E-state index >= 15 is 0 Å². The van der Waals surface area contributed by atoms with Gasteiger partial charge in [-0.05, 0) is 83.1 Å². The number of ether oxygens (including phenoxy) is 1. The third-order valence-electron chi connectivity index (χ3n) is 11.4. The molecule has 2 aliphatic rings. The zero-order valence-electron chi connectivity index (χ0n) is 30.2. The highest BCUT2D eigenvalue weighted by molar-refractivity contribution is 7.26. The van der Waals surface area contributed by atoms with E-state index in [0.717, 1.165) is 51.3 Å². The van der Waals surface area contributed by atoms with Crippen molar-refractivity contribution in [3.05, 3.63) is 194 Å². The van der Waals surface area contributed by atoms with Gasteiger partial charge in [0, 0.05) is 61.7 Å². The Labute approximate surface area is 328 Å². The SMILES string of the molecule is c1ccc(N(c2ccccc2)c2ccc3c(c2)Oc2cc(N(c4ccccc4)c4ccccc4)cc4c2B3c2cccc3c5sc6ccccc6c5n-4c23)cc1. The van der Waals surface area contributed by atoms with E-state index in [2.05, 4.69) is 208 Å². The zero-order valence-corrected chi connectivity index (χ0v) is 31.0. The van der Waals surface area contributed by atoms with Crippen LogP contribution in [0, 0.1) is 0 Å². The van der Waals surface area contributed by atoms with Crippen LogP contribution in [0.15, 0.2) is 194 Å². The molecule has 10 aromatic rings. The summed E-state index contributed by atoms with van der Waals surface area (Å²) >= 11 is 1.89. The van der Waals surface area contributed by atoms with Crippen molar-refractivity contribution in [2.75, 3.05) is 9.80 Å². The second-order valence-corrected chi connectivity index (χ2v) is 15.6. The molecule has 0 fully saturated rings. The maximum atomic E-state index is 7.25. The quantitative estimate of drug-likeness (QED) is 0.159. The predicted octanol–water partition coefficient (Wildman–Crippen LogP) is 11.9. The number of rotatable bonds is 6. The maximum Gasteiger partial charge on any atom is 0.256 e. The van der Waals surface area contributed by atoms with Gasteiger partial charge in [-0.2, -0.15) is 0 Å². The lowest BCUT2D eigenvalue weighted by Crippen LogP contribution is -2.58. The fourth-order valence-corrected chi connectivity index (χ4v) is 10.3. The lowest BCUT2D eigenvalue weighted by molar-refractivity contribution is 0.487. The molecule has 4 heterocycles. The monoisotopic (exact) mass is 733 g/mol. The molecule has 0 aliphatic carbocycles. The number of hydrogen-bond acceptors (Lipinski definition) is 4. The van der Waals surface area contributed by atoms with Crippen molar-refractivity contribution in [3.63, 3.8) is 0 Å². The number of benzene rings is 8. The summed E-state index contributed by atoms with van der Waals surface area (Å²) in [7, 11) is 0. The number of anilines is 6. The smallest absolute Gasteiger partial charge is 0.256 e. The highest BCUT2D eigenvalue weighted by Crippen LogP contribution is 2.47. The Morgan fingerprint density at radius 2 is 0.982 bits per heavy atom. The molecule has 0 radical (unpaired) electrons. The van der Waals surface area contributed by atoms with Crippen LogP contribution < -0.4 is 30.9 Å². The summed E-state index contributed by atoms with van der Waals surface area (Å²) in [6.07, 6.45) is 0. The Morgan fingerprint density at radius 3 is 1.62 bits per heavy atom. The second kappa shape index (κ2) is 12.3. The fourth-order valence-electron chi connectivity index (χ4n) is 9.09. The highest BCUT2D eigenvalue weighted by Gasteiger charge is 2.42. The van der Waals surface area contributed by atoms with Crippen LogP contribution in [0.5, 0.6) is 11.5 Å². The molecule has 2 aromatic heterocycles. The molecule has 0 saturated heterocycles. The first-order valence-electron chi connectivity index (χ1n) is 19.1. The molecule has 6 heteroatoms. The molecule has 0 bridgehead atoms. The van der Waals surface area contributed by atoms with Crippen LogP contribution in [0.4, 0.5) is 34.1 Å². The molecule has 4 nitrogen and oxygen atoms in total. The summed E-state index contributed by atoms with van der Waals surface area (Å²) in [6, 6.07) is 69.6. The molecular weight excluding hydrogens is 701 g/mol. The normalized spacial score (nSPS) is 12.4. The topological polar surface area (TPSA) is 20.6 Å². The van der Waals surface area contributed by atoms with Gasteiger partial charge in [-0.3, -0.25) is 0 Å². The number of aromatic nitrogens is 1. The number of hydrogen-bond donors (Lipinski definition) is 0. The van der Waals surface area contributed by atoms with Crippen LogP contribution in [0.1, 0.15) is 0 Å². The van der Waals surface area contributed by atoms with Gasteiger partial charge in [0.05, 0.1) is 21.4 Å². The molecule has 0 saturated carbocycles. The lowest BCUT2D eigenvalue weighted by Gasteiger charge is -2.36. The molecule has 262 valence electrons. The van der Waals surface area contributed by atoms with Crippen LogP contribution >= 0.6 is 11.3 Å². The minimum absolute atomic E-state index is 0.0119. The van der Waals surface area contributed by atoms with Gasteiger partial charge in [-0.1, -0.05) is 115 Å². The average Bonchev–Trinajstić information content (AvgIpc) is 3.80. The first-order valence-corrected chi connectivity index (χ1v) is 19.9. The predicted molar refractivity (Wildman–Crippen MR) is 237 cm³/mol. The minimum Gasteiger partial charge on any atom is -0.458 e. The van der Waals surface area contributed by atoms with E-state index in [9.17, 15) is 0 Å². The van der Waals surface area contributed by atoms with Crippen molar-refractivity contribution in [1.82, 2.24) is 4.57 Å². The van der Waals surface area contributed by atoms with Crippen molar-refractivity contribution in [1.29, 1.82) is 0 Å². The summed E-state index contributed by atoms with van der Waals surface area (Å²) in [4.78, 5) is 4.65. The van der Waals surface area contributed by atoms with Gasteiger partial charge in [-0.15, -0.1) is 11.3 Å². The molecule has 0 unspecified atom stereocenters. The summed E-state index contributed by atoms with van der Waals surface area (Å²) in [5, 5.41) is 2.57. The summed E-state index contributed by atoms with van der Waals surface area (Å²) < 4.78 is 12.4. The summed E-state index contributed by atoms with van der Waals surface area (Å²) in [5.74, 6) is 1.74. The van der Waals surface area contributed by atoms with E-state index in [1.807, 2.05) is 11.3 Å². The van der Waals surface area contributed by atoms with Crippen LogP contribution in [0.2, 0.25) is 0 Å². The number of fused-ring (bicyclic) bond motifs is 9. The van der Waals surface area contributed by atoms with Crippen LogP contribution in [0.3, 0.4) is 0 Å². The van der Waals surface area contributed by atoms with E-state index in [4.69, 9.17) is 4.74 Å². The largest absolute Gasteiger partial charge is 0.458 e. The van der Waals surface area contributed by atoms with Gasteiger partial charge >= 0.3 is 0 Å². The van der Waals surface area contributed by atoms with Gasteiger partial charge in [-0.25, -0.2) is 0 Å². The second-order valence-electron chi connectivity index (χ2n) is 14.5. The van der Waals surface area contributed by atoms with E-state index < -0.39 is 0 Å². The van der Waals surface area contributed by atoms with Gasteiger partial charge in [0.25, 0.3) is 6.71 Å². The van der Waals surface area contributed by atoms with Crippen LogP contribution in [0.25, 0.3) is 36.9 Å². The van der Waals surface area contributed by atoms with Gasteiger partial charge in [0.15, 0.2) is 0 Å². The molecule has 0 spiro atoms. The molecule has 8 aromatic carbocycles. The standard InChI is InChI=1S/C50H32BN3OS/c1-5-16-33(17-6-1)52(34-18-7-2-8-19-34)37-28-29-41-44(31-37)55-45-32-38(53(35-20-9-3-10-21-35)36-22-11-4-12-23-36)30-43-47(45)51(41)42-26-15-25-40-48(42)54(43)49-39-24-13-14-27-46(39)56-50(40)49/h1-32H. The average molecular weight is 734 g/mol. The molecule has 0 N–H and O–H groups in total. The summed E-state index contributed by atoms with van der Waals surface area (Å²) in [6.45, 7) is -0.0119. The van der Waals surface area contributed by atoms with Crippen molar-refractivity contribution >= 4 is 99.8 Å². The van der Waals surface area contributed by atoms with E-state index in [1.165, 1.54) is 47.6 Å². The molecule has 2 aliphatic heterocycles. The third-order valence-corrected chi connectivity index (χ3v) is 12.6. The Balaban J connectivity index is 1.15. The molecule has 0 amide bonds. The first kappa shape index (κ1) is 31.3. The van der Waals surface area contributed by atoms with Gasteiger partial charge < -0.3 is 19.1 Å². The van der Waals surface area contributed by atoms with Crippen LogP contribution in [-0.2, 0) is 0 Å². The third kappa shape index (κ3) is 4.60. The summed E-state index contributed by atoms with van der Waals surface area (Å²) in [5.41, 5.74) is 13.8. The Hall–Kier alpha value is -7.02. The lowest BCUT2D eigenvalue weighted by atomic mass is 9.34.